The fraction of sp³-hybridized carbons (Fsp3) is 0.533. The number of anilines is 1. The van der Waals surface area contributed by atoms with Gasteiger partial charge in [-0.15, -0.1) is 0 Å². The molecule has 1 aromatic rings. The number of carboxylic acid groups (broad SMARTS) is 1. The molecule has 102 valence electrons. The Bertz CT molecular complexity index is 494. The van der Waals surface area contributed by atoms with Gasteiger partial charge < -0.3 is 14.7 Å². The number of hydrogen-bond donors (Lipinski definition) is 1. The van der Waals surface area contributed by atoms with Gasteiger partial charge in [0.1, 0.15) is 5.75 Å². The zero-order valence-corrected chi connectivity index (χ0v) is 11.1. The predicted octanol–water partition coefficient (Wildman–Crippen LogP) is 2.31. The van der Waals surface area contributed by atoms with Crippen LogP contribution in [0, 0.1) is 5.92 Å². The summed E-state index contributed by atoms with van der Waals surface area (Å²) < 4.78 is 5.61. The SMILES string of the molecule is CN(c1ccc2c(c1)CCCO2)C1CC(C(=O)O)C1. The molecule has 4 heteroatoms. The number of hydrogen-bond acceptors (Lipinski definition) is 3. The maximum Gasteiger partial charge on any atom is 0.306 e. The number of aryl methyl sites for hydroxylation is 1. The molecule has 3 rings (SSSR count). The van der Waals surface area contributed by atoms with Crippen molar-refractivity contribution in [2.75, 3.05) is 18.6 Å². The molecule has 0 aromatic heterocycles. The predicted molar refractivity (Wildman–Crippen MR) is 72.8 cm³/mol. The Balaban J connectivity index is 1.70. The van der Waals surface area contributed by atoms with Gasteiger partial charge >= 0.3 is 5.97 Å². The molecule has 1 heterocycles. The van der Waals surface area contributed by atoms with Gasteiger partial charge in [0.05, 0.1) is 12.5 Å². The standard InChI is InChI=1S/C15H19NO3/c1-16(13-8-11(9-13)15(17)18)12-4-5-14-10(7-12)3-2-6-19-14/h4-5,7,11,13H,2-3,6,8-9H2,1H3,(H,17,18). The lowest BCUT2D eigenvalue weighted by molar-refractivity contribution is -0.145. The lowest BCUT2D eigenvalue weighted by Crippen LogP contribution is -2.45. The van der Waals surface area contributed by atoms with E-state index < -0.39 is 5.97 Å². The van der Waals surface area contributed by atoms with Crippen molar-refractivity contribution in [3.8, 4) is 5.75 Å². The third kappa shape index (κ3) is 2.27. The van der Waals surface area contributed by atoms with E-state index in [0.29, 0.717) is 6.04 Å². The van der Waals surface area contributed by atoms with Crippen molar-refractivity contribution in [2.24, 2.45) is 5.92 Å². The summed E-state index contributed by atoms with van der Waals surface area (Å²) in [4.78, 5) is 13.0. The second-order valence-electron chi connectivity index (χ2n) is 5.52. The van der Waals surface area contributed by atoms with Crippen molar-refractivity contribution in [1.82, 2.24) is 0 Å². The molecular formula is C15H19NO3. The van der Waals surface area contributed by atoms with Crippen LogP contribution in [0.3, 0.4) is 0 Å². The zero-order chi connectivity index (χ0) is 13.4. The Morgan fingerprint density at radius 1 is 1.42 bits per heavy atom. The monoisotopic (exact) mass is 261 g/mol. The molecule has 1 aliphatic heterocycles. The summed E-state index contributed by atoms with van der Waals surface area (Å²) in [5.74, 6) is 0.178. The van der Waals surface area contributed by atoms with Crippen LogP contribution in [-0.2, 0) is 11.2 Å². The molecule has 1 saturated carbocycles. The Labute approximate surface area is 113 Å². The third-order valence-corrected chi connectivity index (χ3v) is 4.31. The normalized spacial score (nSPS) is 24.9. The minimum Gasteiger partial charge on any atom is -0.493 e. The highest BCUT2D eigenvalue weighted by atomic mass is 16.5. The van der Waals surface area contributed by atoms with Gasteiger partial charge in [-0.3, -0.25) is 4.79 Å². The average molecular weight is 261 g/mol. The van der Waals surface area contributed by atoms with E-state index >= 15 is 0 Å². The van der Waals surface area contributed by atoms with Crippen molar-refractivity contribution in [3.63, 3.8) is 0 Å². The average Bonchev–Trinajstić information content (AvgIpc) is 2.35. The first-order valence-electron chi connectivity index (χ1n) is 6.86. The summed E-state index contributed by atoms with van der Waals surface area (Å²) >= 11 is 0. The Morgan fingerprint density at radius 3 is 2.95 bits per heavy atom. The van der Waals surface area contributed by atoms with Crippen LogP contribution in [0.25, 0.3) is 0 Å². The number of carbonyl (C=O) groups is 1. The van der Waals surface area contributed by atoms with Crippen LogP contribution in [-0.4, -0.2) is 30.8 Å². The van der Waals surface area contributed by atoms with Gasteiger partial charge in [-0.1, -0.05) is 0 Å². The van der Waals surface area contributed by atoms with Crippen LogP contribution in [0.1, 0.15) is 24.8 Å². The summed E-state index contributed by atoms with van der Waals surface area (Å²) in [6, 6.07) is 6.64. The van der Waals surface area contributed by atoms with Crippen molar-refractivity contribution in [3.05, 3.63) is 23.8 Å². The molecular weight excluding hydrogens is 242 g/mol. The molecule has 0 amide bonds. The molecule has 4 nitrogen and oxygen atoms in total. The Hall–Kier alpha value is -1.71. The quantitative estimate of drug-likeness (QED) is 0.907. The molecule has 1 aromatic carbocycles. The van der Waals surface area contributed by atoms with Gasteiger partial charge in [-0.05, 0) is 49.4 Å². The largest absolute Gasteiger partial charge is 0.493 e. The number of aliphatic carboxylic acids is 1. The number of nitrogens with zero attached hydrogens (tertiary/aromatic N) is 1. The van der Waals surface area contributed by atoms with E-state index in [-0.39, 0.29) is 5.92 Å². The first kappa shape index (κ1) is 12.3. The van der Waals surface area contributed by atoms with E-state index in [2.05, 4.69) is 17.0 Å². The summed E-state index contributed by atoms with van der Waals surface area (Å²) in [6.45, 7) is 0.811. The van der Waals surface area contributed by atoms with E-state index in [1.54, 1.807) is 0 Å². The van der Waals surface area contributed by atoms with E-state index in [0.717, 1.165) is 43.7 Å². The Morgan fingerprint density at radius 2 is 2.21 bits per heavy atom. The van der Waals surface area contributed by atoms with Gasteiger partial charge in [0, 0.05) is 18.8 Å². The molecule has 0 radical (unpaired) electrons. The highest BCUT2D eigenvalue weighted by Gasteiger charge is 2.37. The van der Waals surface area contributed by atoms with Gasteiger partial charge in [-0.25, -0.2) is 0 Å². The number of rotatable bonds is 3. The molecule has 0 unspecified atom stereocenters. The van der Waals surface area contributed by atoms with Crippen LogP contribution >= 0.6 is 0 Å². The van der Waals surface area contributed by atoms with Crippen molar-refractivity contribution in [2.45, 2.75) is 31.7 Å². The lowest BCUT2D eigenvalue weighted by Gasteiger charge is -2.40. The number of carboxylic acids is 1. The van der Waals surface area contributed by atoms with E-state index in [1.807, 2.05) is 13.1 Å². The number of benzene rings is 1. The molecule has 1 aliphatic carbocycles. The molecule has 0 bridgehead atoms. The van der Waals surface area contributed by atoms with Gasteiger partial charge in [0.2, 0.25) is 0 Å². The van der Waals surface area contributed by atoms with E-state index in [4.69, 9.17) is 9.84 Å². The third-order valence-electron chi connectivity index (χ3n) is 4.31. The minimum atomic E-state index is -0.663. The van der Waals surface area contributed by atoms with Gasteiger partial charge in [-0.2, -0.15) is 0 Å². The van der Waals surface area contributed by atoms with Crippen molar-refractivity contribution >= 4 is 11.7 Å². The summed E-state index contributed by atoms with van der Waals surface area (Å²) in [6.07, 6.45) is 3.64. The minimum absolute atomic E-state index is 0.159. The zero-order valence-electron chi connectivity index (χ0n) is 11.1. The number of ether oxygens (including phenoxy) is 1. The van der Waals surface area contributed by atoms with Crippen LogP contribution in [0.5, 0.6) is 5.75 Å². The molecule has 0 spiro atoms. The molecule has 1 fully saturated rings. The van der Waals surface area contributed by atoms with Crippen LogP contribution in [0.15, 0.2) is 18.2 Å². The number of fused-ring (bicyclic) bond motifs is 1. The first-order chi connectivity index (χ1) is 9.15. The van der Waals surface area contributed by atoms with E-state index in [1.165, 1.54) is 5.56 Å². The van der Waals surface area contributed by atoms with Gasteiger partial charge in [0.15, 0.2) is 0 Å². The fourth-order valence-electron chi connectivity index (χ4n) is 2.88. The van der Waals surface area contributed by atoms with Crippen molar-refractivity contribution < 1.29 is 14.6 Å². The topological polar surface area (TPSA) is 49.8 Å². The van der Waals surface area contributed by atoms with Crippen molar-refractivity contribution in [1.29, 1.82) is 0 Å². The maximum absolute atomic E-state index is 10.8. The smallest absolute Gasteiger partial charge is 0.306 e. The van der Waals surface area contributed by atoms with Crippen LogP contribution < -0.4 is 9.64 Å². The van der Waals surface area contributed by atoms with Crippen LogP contribution in [0.4, 0.5) is 5.69 Å². The second-order valence-corrected chi connectivity index (χ2v) is 5.52. The molecule has 1 N–H and O–H groups in total. The van der Waals surface area contributed by atoms with Crippen LogP contribution in [0.2, 0.25) is 0 Å². The molecule has 19 heavy (non-hydrogen) atoms. The molecule has 0 atom stereocenters. The molecule has 0 saturated heterocycles. The summed E-state index contributed by atoms with van der Waals surface area (Å²) in [5, 5.41) is 8.93. The highest BCUT2D eigenvalue weighted by Crippen LogP contribution is 2.36. The summed E-state index contributed by atoms with van der Waals surface area (Å²) in [7, 11) is 2.05. The Kier molecular flexibility index (Phi) is 3.09. The van der Waals surface area contributed by atoms with E-state index in [9.17, 15) is 4.79 Å². The highest BCUT2D eigenvalue weighted by molar-refractivity contribution is 5.72. The molecule has 2 aliphatic rings. The van der Waals surface area contributed by atoms with Gasteiger partial charge in [0.25, 0.3) is 0 Å². The summed E-state index contributed by atoms with van der Waals surface area (Å²) in [5.41, 5.74) is 2.43. The first-order valence-corrected chi connectivity index (χ1v) is 6.86. The fourth-order valence-corrected chi connectivity index (χ4v) is 2.88. The lowest BCUT2D eigenvalue weighted by atomic mass is 9.79. The maximum atomic E-state index is 10.8. The second kappa shape index (κ2) is 4.76.